The van der Waals surface area contributed by atoms with E-state index in [2.05, 4.69) is 103 Å². The summed E-state index contributed by atoms with van der Waals surface area (Å²) >= 11 is 0. The molecule has 43 heavy (non-hydrogen) atoms. The molecule has 0 atom stereocenters. The third-order valence-corrected chi connectivity index (χ3v) is 8.94. The Morgan fingerprint density at radius 1 is 0.372 bits per heavy atom. The van der Waals surface area contributed by atoms with Crippen molar-refractivity contribution in [1.29, 1.82) is 0 Å². The molecule has 0 aliphatic heterocycles. The van der Waals surface area contributed by atoms with E-state index in [1.807, 2.05) is 24.3 Å². The lowest BCUT2D eigenvalue weighted by Gasteiger charge is -2.18. The van der Waals surface area contributed by atoms with E-state index in [-0.39, 0.29) is 0 Å². The molecule has 3 heterocycles. The number of hydrogen-bond acceptors (Lipinski definition) is 3. The van der Waals surface area contributed by atoms with Gasteiger partial charge in [-0.05, 0) is 80.2 Å². The highest BCUT2D eigenvalue weighted by Crippen LogP contribution is 2.47. The van der Waals surface area contributed by atoms with Crippen molar-refractivity contribution in [2.24, 2.45) is 0 Å². The van der Waals surface area contributed by atoms with Crippen LogP contribution in [0.1, 0.15) is 0 Å². The van der Waals surface area contributed by atoms with Crippen LogP contribution in [0, 0.1) is 0 Å². The van der Waals surface area contributed by atoms with Gasteiger partial charge in [0.05, 0.1) is 6.26 Å². The van der Waals surface area contributed by atoms with Gasteiger partial charge < -0.3 is 13.3 Å². The Balaban J connectivity index is 1.33. The number of para-hydroxylation sites is 1. The van der Waals surface area contributed by atoms with Crippen LogP contribution in [0.3, 0.4) is 0 Å². The Labute approximate surface area is 245 Å². The molecule has 0 N–H and O–H groups in total. The minimum absolute atomic E-state index is 0.828. The first-order chi connectivity index (χ1) is 21.3. The minimum Gasteiger partial charge on any atom is -0.464 e. The second kappa shape index (κ2) is 8.37. The second-order valence-corrected chi connectivity index (χ2v) is 11.2. The standard InChI is InChI=1S/C40H22O3/c1-3-11-29-27(9-1)38(24-16-17-26-25-8-5-6-14-33(25)42-36(26)21-24)28-10-2-4-12-30(28)39(29)31-13-7-15-34-40(31)32-20-23-18-19-41-35(23)22-37(32)43-34/h1-22H. The predicted molar refractivity (Wildman–Crippen MR) is 177 cm³/mol. The quantitative estimate of drug-likeness (QED) is 0.201. The van der Waals surface area contributed by atoms with E-state index in [0.717, 1.165) is 66.0 Å². The topological polar surface area (TPSA) is 39.4 Å². The van der Waals surface area contributed by atoms with E-state index in [4.69, 9.17) is 13.3 Å². The molecular formula is C40H22O3. The lowest BCUT2D eigenvalue weighted by atomic mass is 9.85. The Morgan fingerprint density at radius 2 is 1.00 bits per heavy atom. The first kappa shape index (κ1) is 22.8. The van der Waals surface area contributed by atoms with Crippen molar-refractivity contribution in [2.75, 3.05) is 0 Å². The van der Waals surface area contributed by atoms with Crippen LogP contribution in [-0.2, 0) is 0 Å². The molecule has 0 saturated heterocycles. The summed E-state index contributed by atoms with van der Waals surface area (Å²) in [6.45, 7) is 0. The number of fused-ring (bicyclic) bond motifs is 9. The normalized spacial score (nSPS) is 12.2. The van der Waals surface area contributed by atoms with E-state index in [0.29, 0.717) is 0 Å². The van der Waals surface area contributed by atoms with Crippen LogP contribution in [0.4, 0.5) is 0 Å². The van der Waals surface area contributed by atoms with Gasteiger partial charge in [0.15, 0.2) is 0 Å². The fourth-order valence-electron chi connectivity index (χ4n) is 7.10. The zero-order valence-corrected chi connectivity index (χ0v) is 22.9. The molecule has 0 radical (unpaired) electrons. The predicted octanol–water partition coefficient (Wildman–Crippen LogP) is 11.9. The summed E-state index contributed by atoms with van der Waals surface area (Å²) in [6.07, 6.45) is 1.73. The largest absolute Gasteiger partial charge is 0.464 e. The van der Waals surface area contributed by atoms with Gasteiger partial charge in [0.25, 0.3) is 0 Å². The monoisotopic (exact) mass is 550 g/mol. The molecule has 10 rings (SSSR count). The van der Waals surface area contributed by atoms with Crippen LogP contribution in [-0.4, -0.2) is 0 Å². The molecule has 0 unspecified atom stereocenters. The molecule has 0 saturated carbocycles. The van der Waals surface area contributed by atoms with Gasteiger partial charge in [-0.3, -0.25) is 0 Å². The maximum atomic E-state index is 6.40. The lowest BCUT2D eigenvalue weighted by Crippen LogP contribution is -1.91. The van der Waals surface area contributed by atoms with E-state index in [9.17, 15) is 0 Å². The highest BCUT2D eigenvalue weighted by molar-refractivity contribution is 6.26. The molecule has 0 aliphatic rings. The van der Waals surface area contributed by atoms with Crippen LogP contribution < -0.4 is 0 Å². The third-order valence-electron chi connectivity index (χ3n) is 8.94. The summed E-state index contributed by atoms with van der Waals surface area (Å²) in [5.74, 6) is 0. The summed E-state index contributed by atoms with van der Waals surface area (Å²) in [6, 6.07) is 45.0. The molecule has 3 aromatic heterocycles. The van der Waals surface area contributed by atoms with Gasteiger partial charge in [0, 0.05) is 33.0 Å². The van der Waals surface area contributed by atoms with Gasteiger partial charge in [-0.1, -0.05) is 84.9 Å². The summed E-state index contributed by atoms with van der Waals surface area (Å²) < 4.78 is 18.4. The second-order valence-electron chi connectivity index (χ2n) is 11.2. The van der Waals surface area contributed by atoms with Crippen LogP contribution in [0.2, 0.25) is 0 Å². The average Bonchev–Trinajstić information content (AvgIpc) is 3.76. The molecular weight excluding hydrogens is 528 g/mol. The summed E-state index contributed by atoms with van der Waals surface area (Å²) in [5.41, 5.74) is 9.05. The van der Waals surface area contributed by atoms with Crippen LogP contribution in [0.5, 0.6) is 0 Å². The number of hydrogen-bond donors (Lipinski definition) is 0. The zero-order chi connectivity index (χ0) is 28.1. The first-order valence-electron chi connectivity index (χ1n) is 14.5. The van der Waals surface area contributed by atoms with Crippen molar-refractivity contribution in [3.63, 3.8) is 0 Å². The number of benzene rings is 7. The zero-order valence-electron chi connectivity index (χ0n) is 22.9. The van der Waals surface area contributed by atoms with Gasteiger partial charge in [0.1, 0.15) is 27.9 Å². The Morgan fingerprint density at radius 3 is 1.79 bits per heavy atom. The van der Waals surface area contributed by atoms with Crippen molar-refractivity contribution in [3.8, 4) is 22.3 Å². The van der Waals surface area contributed by atoms with E-state index in [1.54, 1.807) is 6.26 Å². The lowest BCUT2D eigenvalue weighted by molar-refractivity contribution is 0.613. The fraction of sp³-hybridized carbons (Fsp3) is 0. The first-order valence-corrected chi connectivity index (χ1v) is 14.5. The van der Waals surface area contributed by atoms with E-state index < -0.39 is 0 Å². The highest BCUT2D eigenvalue weighted by Gasteiger charge is 2.21. The Bertz CT molecular complexity index is 2680. The molecule has 0 spiro atoms. The molecule has 0 aliphatic carbocycles. The Hall–Kier alpha value is -5.80. The van der Waals surface area contributed by atoms with Crippen molar-refractivity contribution in [2.45, 2.75) is 0 Å². The summed E-state index contributed by atoms with van der Waals surface area (Å²) in [7, 11) is 0. The van der Waals surface area contributed by atoms with Crippen LogP contribution in [0.15, 0.2) is 147 Å². The van der Waals surface area contributed by atoms with E-state index in [1.165, 1.54) is 32.7 Å². The Kier molecular flexibility index (Phi) is 4.45. The SMILES string of the molecule is c1ccc2c(c1)oc1cc(-c3c4ccccc4c(-c4cccc5oc6cc7occc7cc6c45)c4ccccc34)ccc12. The number of furan rings is 3. The van der Waals surface area contributed by atoms with Crippen molar-refractivity contribution in [3.05, 3.63) is 134 Å². The molecule has 0 fully saturated rings. The van der Waals surface area contributed by atoms with Gasteiger partial charge in [-0.25, -0.2) is 0 Å². The van der Waals surface area contributed by atoms with Crippen LogP contribution >= 0.6 is 0 Å². The summed E-state index contributed by atoms with van der Waals surface area (Å²) in [4.78, 5) is 0. The van der Waals surface area contributed by atoms with Gasteiger partial charge in [-0.15, -0.1) is 0 Å². The fourth-order valence-corrected chi connectivity index (χ4v) is 7.10. The van der Waals surface area contributed by atoms with Gasteiger partial charge in [0.2, 0.25) is 0 Å². The maximum Gasteiger partial charge on any atom is 0.139 e. The molecule has 10 aromatic rings. The maximum absolute atomic E-state index is 6.40. The average molecular weight is 551 g/mol. The molecule has 0 amide bonds. The smallest absolute Gasteiger partial charge is 0.139 e. The van der Waals surface area contributed by atoms with Crippen molar-refractivity contribution in [1.82, 2.24) is 0 Å². The molecule has 3 nitrogen and oxygen atoms in total. The molecule has 3 heteroatoms. The minimum atomic E-state index is 0.828. The van der Waals surface area contributed by atoms with Gasteiger partial charge >= 0.3 is 0 Å². The van der Waals surface area contributed by atoms with Crippen molar-refractivity contribution < 1.29 is 13.3 Å². The van der Waals surface area contributed by atoms with Crippen molar-refractivity contribution >= 4 is 76.4 Å². The number of rotatable bonds is 2. The molecule has 200 valence electrons. The molecule has 7 aromatic carbocycles. The van der Waals surface area contributed by atoms with Crippen LogP contribution in [0.25, 0.3) is 98.6 Å². The third kappa shape index (κ3) is 3.14. The highest BCUT2D eigenvalue weighted by atomic mass is 16.3. The summed E-state index contributed by atoms with van der Waals surface area (Å²) in [5, 5.41) is 10.4. The van der Waals surface area contributed by atoms with E-state index >= 15 is 0 Å². The molecule has 0 bridgehead atoms. The van der Waals surface area contributed by atoms with Gasteiger partial charge in [-0.2, -0.15) is 0 Å².